The molecule has 3 rings (SSSR count). The van der Waals surface area contributed by atoms with E-state index in [4.69, 9.17) is 16.3 Å². The number of amides is 1. The van der Waals surface area contributed by atoms with Crippen LogP contribution in [0.15, 0.2) is 24.7 Å². The van der Waals surface area contributed by atoms with Gasteiger partial charge in [-0.3, -0.25) is 14.8 Å². The zero-order valence-electron chi connectivity index (χ0n) is 12.6. The number of pyridine rings is 1. The number of H-pyrrole nitrogens is 1. The first-order valence-corrected chi connectivity index (χ1v) is 7.57. The van der Waals surface area contributed by atoms with Crippen LogP contribution in [0.5, 0.6) is 0 Å². The number of hydrogen-bond acceptors (Lipinski definition) is 6. The molecule has 1 aliphatic rings. The standard InChI is InChI=1S/C14H17ClN6O2/c1-23-10-4-11(14-17-8-18-20-14)21(6-10)7-13(22)19-12-3-2-9(15)5-16-12/h2-3,5,8,10-11H,4,6-7H2,1H3,(H,16,19,22)(H,17,18,20)/t10-,11+/m1/s1. The van der Waals surface area contributed by atoms with Crippen LogP contribution in [-0.4, -0.2) is 57.3 Å². The third kappa shape index (κ3) is 3.84. The molecule has 0 bridgehead atoms. The fourth-order valence-corrected chi connectivity index (χ4v) is 2.80. The summed E-state index contributed by atoms with van der Waals surface area (Å²) in [5.41, 5.74) is 0. The number of methoxy groups -OCH3 is 1. The van der Waals surface area contributed by atoms with Gasteiger partial charge in [-0.1, -0.05) is 11.6 Å². The molecule has 2 aromatic heterocycles. The van der Waals surface area contributed by atoms with E-state index >= 15 is 0 Å². The number of nitrogens with zero attached hydrogens (tertiary/aromatic N) is 4. The zero-order valence-corrected chi connectivity index (χ0v) is 13.3. The largest absolute Gasteiger partial charge is 0.380 e. The van der Waals surface area contributed by atoms with Crippen LogP contribution in [0.4, 0.5) is 5.82 Å². The predicted octanol–water partition coefficient (Wildman–Crippen LogP) is 1.25. The Bertz CT molecular complexity index is 648. The van der Waals surface area contributed by atoms with E-state index in [0.717, 1.165) is 12.2 Å². The summed E-state index contributed by atoms with van der Waals surface area (Å²) < 4.78 is 5.42. The maximum Gasteiger partial charge on any atom is 0.239 e. The fourth-order valence-electron chi connectivity index (χ4n) is 2.68. The van der Waals surface area contributed by atoms with E-state index in [1.54, 1.807) is 19.2 Å². The van der Waals surface area contributed by atoms with Crippen LogP contribution in [0, 0.1) is 0 Å². The number of carbonyl (C=O) groups is 1. The molecule has 3 heterocycles. The van der Waals surface area contributed by atoms with Gasteiger partial charge in [-0.2, -0.15) is 5.10 Å². The Morgan fingerprint density at radius 3 is 3.04 bits per heavy atom. The summed E-state index contributed by atoms with van der Waals surface area (Å²) in [4.78, 5) is 22.5. The zero-order chi connectivity index (χ0) is 16.2. The van der Waals surface area contributed by atoms with Gasteiger partial charge in [-0.05, 0) is 18.6 Å². The van der Waals surface area contributed by atoms with Crippen LogP contribution in [0.2, 0.25) is 5.02 Å². The molecular weight excluding hydrogens is 320 g/mol. The molecule has 0 saturated carbocycles. The highest BCUT2D eigenvalue weighted by Gasteiger charge is 2.35. The average Bonchev–Trinajstić information content (AvgIpc) is 3.18. The van der Waals surface area contributed by atoms with Gasteiger partial charge in [0.05, 0.1) is 23.7 Å². The van der Waals surface area contributed by atoms with Crippen molar-refractivity contribution in [2.45, 2.75) is 18.6 Å². The summed E-state index contributed by atoms with van der Waals surface area (Å²) in [6, 6.07) is 3.32. The van der Waals surface area contributed by atoms with Crippen LogP contribution >= 0.6 is 11.6 Å². The summed E-state index contributed by atoms with van der Waals surface area (Å²) in [7, 11) is 1.67. The lowest BCUT2D eigenvalue weighted by Gasteiger charge is -2.21. The third-order valence-corrected chi connectivity index (χ3v) is 4.01. The fraction of sp³-hybridized carbons (Fsp3) is 0.429. The molecule has 9 heteroatoms. The van der Waals surface area contributed by atoms with Gasteiger partial charge < -0.3 is 10.1 Å². The first-order chi connectivity index (χ1) is 11.2. The molecular formula is C14H17ClN6O2. The Labute approximate surface area is 138 Å². The van der Waals surface area contributed by atoms with Crippen LogP contribution in [-0.2, 0) is 9.53 Å². The van der Waals surface area contributed by atoms with E-state index < -0.39 is 0 Å². The number of ether oxygens (including phenoxy) is 1. The normalized spacial score (nSPS) is 21.5. The topological polar surface area (TPSA) is 96.0 Å². The minimum atomic E-state index is -0.152. The van der Waals surface area contributed by atoms with Gasteiger partial charge in [0.15, 0.2) is 0 Å². The maximum atomic E-state index is 12.3. The predicted molar refractivity (Wildman–Crippen MR) is 84.0 cm³/mol. The van der Waals surface area contributed by atoms with Crippen LogP contribution in [0.3, 0.4) is 0 Å². The van der Waals surface area contributed by atoms with Crippen molar-refractivity contribution in [3.63, 3.8) is 0 Å². The van der Waals surface area contributed by atoms with Gasteiger partial charge in [0.1, 0.15) is 18.0 Å². The van der Waals surface area contributed by atoms with Crippen LogP contribution in [0.1, 0.15) is 18.3 Å². The Hall–Kier alpha value is -2.03. The minimum Gasteiger partial charge on any atom is -0.380 e. The first-order valence-electron chi connectivity index (χ1n) is 7.19. The van der Waals surface area contributed by atoms with Crippen LogP contribution < -0.4 is 5.32 Å². The summed E-state index contributed by atoms with van der Waals surface area (Å²) in [5, 5.41) is 10.0. The second-order valence-corrected chi connectivity index (χ2v) is 5.76. The molecule has 0 radical (unpaired) electrons. The maximum absolute atomic E-state index is 12.3. The number of aromatic nitrogens is 4. The third-order valence-electron chi connectivity index (χ3n) is 3.79. The number of rotatable bonds is 5. The highest BCUT2D eigenvalue weighted by molar-refractivity contribution is 6.30. The molecule has 122 valence electrons. The Balaban J connectivity index is 1.64. The highest BCUT2D eigenvalue weighted by Crippen LogP contribution is 2.30. The second-order valence-electron chi connectivity index (χ2n) is 5.32. The Morgan fingerprint density at radius 2 is 2.39 bits per heavy atom. The summed E-state index contributed by atoms with van der Waals surface area (Å²) in [6.45, 7) is 0.874. The lowest BCUT2D eigenvalue weighted by molar-refractivity contribution is -0.117. The second kappa shape index (κ2) is 7.03. The highest BCUT2D eigenvalue weighted by atomic mass is 35.5. The summed E-state index contributed by atoms with van der Waals surface area (Å²) in [6.07, 6.45) is 3.78. The van der Waals surface area contributed by atoms with E-state index in [1.807, 2.05) is 4.90 Å². The Kier molecular flexibility index (Phi) is 4.85. The molecule has 1 aliphatic heterocycles. The van der Waals surface area contributed by atoms with Crippen molar-refractivity contribution in [3.05, 3.63) is 35.5 Å². The molecule has 0 aromatic carbocycles. The molecule has 2 atom stereocenters. The monoisotopic (exact) mass is 336 g/mol. The number of aromatic amines is 1. The molecule has 1 amide bonds. The lowest BCUT2D eigenvalue weighted by atomic mass is 10.2. The van der Waals surface area contributed by atoms with Crippen molar-refractivity contribution in [2.75, 3.05) is 25.5 Å². The number of anilines is 1. The van der Waals surface area contributed by atoms with E-state index in [2.05, 4.69) is 25.5 Å². The molecule has 1 fully saturated rings. The SMILES string of the molecule is CO[C@@H]1C[C@@H](c2ncn[nH]2)N(CC(=O)Nc2ccc(Cl)cn2)C1. The molecule has 2 N–H and O–H groups in total. The van der Waals surface area contributed by atoms with Crippen LogP contribution in [0.25, 0.3) is 0 Å². The molecule has 23 heavy (non-hydrogen) atoms. The average molecular weight is 337 g/mol. The van der Waals surface area contributed by atoms with E-state index in [-0.39, 0.29) is 24.6 Å². The number of likely N-dealkylation sites (tertiary alicyclic amines) is 1. The van der Waals surface area contributed by atoms with Crippen molar-refractivity contribution in [2.24, 2.45) is 0 Å². The van der Waals surface area contributed by atoms with Gasteiger partial charge in [-0.15, -0.1) is 0 Å². The molecule has 2 aromatic rings. The van der Waals surface area contributed by atoms with Crippen molar-refractivity contribution < 1.29 is 9.53 Å². The van der Waals surface area contributed by atoms with Crippen molar-refractivity contribution in [1.29, 1.82) is 0 Å². The molecule has 0 spiro atoms. The lowest BCUT2D eigenvalue weighted by Crippen LogP contribution is -2.34. The smallest absolute Gasteiger partial charge is 0.239 e. The number of hydrogen-bond donors (Lipinski definition) is 2. The number of carbonyl (C=O) groups excluding carboxylic acids is 1. The number of halogens is 1. The summed E-state index contributed by atoms with van der Waals surface area (Å²) in [5.74, 6) is 1.06. The van der Waals surface area contributed by atoms with Gasteiger partial charge in [0, 0.05) is 19.9 Å². The number of nitrogens with one attached hydrogen (secondary N) is 2. The van der Waals surface area contributed by atoms with Crippen molar-refractivity contribution in [3.8, 4) is 0 Å². The van der Waals surface area contributed by atoms with E-state index in [9.17, 15) is 4.79 Å². The Morgan fingerprint density at radius 1 is 1.52 bits per heavy atom. The van der Waals surface area contributed by atoms with Gasteiger partial charge in [-0.25, -0.2) is 9.97 Å². The molecule has 0 aliphatic carbocycles. The van der Waals surface area contributed by atoms with E-state index in [1.165, 1.54) is 12.5 Å². The van der Waals surface area contributed by atoms with Crippen molar-refractivity contribution in [1.82, 2.24) is 25.1 Å². The van der Waals surface area contributed by atoms with Gasteiger partial charge >= 0.3 is 0 Å². The first kappa shape index (κ1) is 15.9. The van der Waals surface area contributed by atoms with E-state index in [0.29, 0.717) is 17.4 Å². The van der Waals surface area contributed by atoms with Crippen molar-refractivity contribution >= 4 is 23.3 Å². The minimum absolute atomic E-state index is 0.0219. The molecule has 0 unspecified atom stereocenters. The van der Waals surface area contributed by atoms with Gasteiger partial charge in [0.25, 0.3) is 0 Å². The summed E-state index contributed by atoms with van der Waals surface area (Å²) >= 11 is 5.78. The molecule has 1 saturated heterocycles. The quantitative estimate of drug-likeness (QED) is 0.853. The molecule has 8 nitrogen and oxygen atoms in total. The van der Waals surface area contributed by atoms with Gasteiger partial charge in [0.2, 0.25) is 5.91 Å².